The summed E-state index contributed by atoms with van der Waals surface area (Å²) in [7, 11) is 0. The Morgan fingerprint density at radius 1 is 0.938 bits per heavy atom. The van der Waals surface area contributed by atoms with Gasteiger partial charge in [0.15, 0.2) is 0 Å². The Labute approximate surface area is 193 Å². The summed E-state index contributed by atoms with van der Waals surface area (Å²) >= 11 is 11.9. The Hall–Kier alpha value is -3.75. The van der Waals surface area contributed by atoms with Gasteiger partial charge in [-0.1, -0.05) is 41.4 Å². The summed E-state index contributed by atoms with van der Waals surface area (Å²) in [6.45, 7) is 1.69. The van der Waals surface area contributed by atoms with E-state index in [1.165, 1.54) is 36.4 Å². The van der Waals surface area contributed by atoms with Gasteiger partial charge in [-0.3, -0.25) is 19.7 Å². The number of nitro groups is 1. The number of nitrogens with zero attached hydrogens (tertiary/aromatic N) is 2. The maximum atomic E-state index is 12.4. The van der Waals surface area contributed by atoms with Gasteiger partial charge in [0.2, 0.25) is 0 Å². The predicted octanol–water partition coefficient (Wildman–Crippen LogP) is 5.31. The van der Waals surface area contributed by atoms with Crippen molar-refractivity contribution in [2.45, 2.75) is 6.92 Å². The average molecular weight is 471 g/mol. The fourth-order valence-corrected chi connectivity index (χ4v) is 3.19. The van der Waals surface area contributed by atoms with Crippen LogP contribution in [0.25, 0.3) is 0 Å². The lowest BCUT2D eigenvalue weighted by molar-refractivity contribution is -0.384. The molecule has 8 nitrogen and oxygen atoms in total. The molecule has 32 heavy (non-hydrogen) atoms. The molecule has 0 bridgehead atoms. The first-order valence-corrected chi connectivity index (χ1v) is 9.96. The molecular formula is C22H16Cl2N4O4. The summed E-state index contributed by atoms with van der Waals surface area (Å²) in [5.41, 5.74) is 4.35. The molecule has 0 aliphatic carbocycles. The summed E-state index contributed by atoms with van der Waals surface area (Å²) in [6, 6.07) is 16.7. The van der Waals surface area contributed by atoms with Gasteiger partial charge in [0.05, 0.1) is 21.2 Å². The van der Waals surface area contributed by atoms with E-state index < -0.39 is 10.8 Å². The highest BCUT2D eigenvalue weighted by atomic mass is 35.5. The van der Waals surface area contributed by atoms with Crippen molar-refractivity contribution in [3.05, 3.63) is 104 Å². The van der Waals surface area contributed by atoms with E-state index in [4.69, 9.17) is 23.2 Å². The smallest absolute Gasteiger partial charge is 0.271 e. The van der Waals surface area contributed by atoms with Crippen molar-refractivity contribution in [1.82, 2.24) is 5.43 Å². The number of carbonyl (C=O) groups is 2. The third kappa shape index (κ3) is 5.69. The van der Waals surface area contributed by atoms with Crippen LogP contribution in [0, 0.1) is 10.1 Å². The van der Waals surface area contributed by atoms with Crippen molar-refractivity contribution < 1.29 is 14.5 Å². The molecule has 3 aromatic rings. The fourth-order valence-electron chi connectivity index (χ4n) is 2.69. The number of halogens is 2. The Kier molecular flexibility index (Phi) is 7.19. The second-order valence-electron chi connectivity index (χ2n) is 6.60. The van der Waals surface area contributed by atoms with E-state index in [2.05, 4.69) is 15.8 Å². The molecule has 0 saturated carbocycles. The molecule has 0 radical (unpaired) electrons. The highest BCUT2D eigenvalue weighted by molar-refractivity contribution is 6.37. The molecule has 0 unspecified atom stereocenters. The number of rotatable bonds is 6. The van der Waals surface area contributed by atoms with Crippen molar-refractivity contribution in [2.24, 2.45) is 5.10 Å². The topological polar surface area (TPSA) is 114 Å². The van der Waals surface area contributed by atoms with Crippen LogP contribution in [0.1, 0.15) is 33.2 Å². The minimum Gasteiger partial charge on any atom is -0.322 e. The number of hydrazone groups is 1. The number of hydrogen-bond donors (Lipinski definition) is 2. The van der Waals surface area contributed by atoms with Gasteiger partial charge in [0.1, 0.15) is 0 Å². The normalized spacial score (nSPS) is 11.0. The molecule has 2 amide bonds. The highest BCUT2D eigenvalue weighted by Crippen LogP contribution is 2.22. The first-order chi connectivity index (χ1) is 15.2. The lowest BCUT2D eigenvalue weighted by Gasteiger charge is -2.08. The SMILES string of the molecule is C/C(=N/NC(=O)c1cccc([N+](=O)[O-])c1)c1ccc(NC(=O)c2ccc(Cl)cc2Cl)cc1. The Morgan fingerprint density at radius 3 is 2.31 bits per heavy atom. The van der Waals surface area contributed by atoms with Crippen LogP contribution in [-0.2, 0) is 0 Å². The Balaban J connectivity index is 1.65. The van der Waals surface area contributed by atoms with Gasteiger partial charge < -0.3 is 5.32 Å². The second kappa shape index (κ2) is 10.0. The number of carbonyl (C=O) groups excluding carboxylic acids is 2. The first-order valence-electron chi connectivity index (χ1n) is 9.20. The number of non-ortho nitro benzene ring substituents is 1. The molecule has 0 heterocycles. The molecule has 0 aromatic heterocycles. The minimum absolute atomic E-state index is 0.120. The van der Waals surface area contributed by atoms with E-state index in [9.17, 15) is 19.7 Å². The number of anilines is 1. The van der Waals surface area contributed by atoms with Crippen molar-refractivity contribution in [2.75, 3.05) is 5.32 Å². The van der Waals surface area contributed by atoms with E-state index in [0.29, 0.717) is 27.5 Å². The number of nitrogens with one attached hydrogen (secondary N) is 2. The van der Waals surface area contributed by atoms with Gasteiger partial charge in [0.25, 0.3) is 17.5 Å². The van der Waals surface area contributed by atoms with Crippen LogP contribution in [0.2, 0.25) is 10.0 Å². The molecule has 0 spiro atoms. The summed E-state index contributed by atoms with van der Waals surface area (Å²) in [5.74, 6) is -0.953. The molecule has 3 rings (SSSR count). The summed E-state index contributed by atoms with van der Waals surface area (Å²) in [5, 5.41) is 18.3. The average Bonchev–Trinajstić information content (AvgIpc) is 2.77. The predicted molar refractivity (Wildman–Crippen MR) is 124 cm³/mol. The summed E-state index contributed by atoms with van der Waals surface area (Å²) < 4.78 is 0. The summed E-state index contributed by atoms with van der Waals surface area (Å²) in [4.78, 5) is 34.9. The minimum atomic E-state index is -0.577. The van der Waals surface area contributed by atoms with Gasteiger partial charge in [-0.05, 0) is 48.9 Å². The van der Waals surface area contributed by atoms with Crippen LogP contribution in [0.4, 0.5) is 11.4 Å². The largest absolute Gasteiger partial charge is 0.322 e. The van der Waals surface area contributed by atoms with Gasteiger partial charge in [-0.2, -0.15) is 5.10 Å². The van der Waals surface area contributed by atoms with Crippen LogP contribution < -0.4 is 10.7 Å². The third-order valence-corrected chi connectivity index (χ3v) is 4.93. The zero-order chi connectivity index (χ0) is 23.3. The molecule has 0 saturated heterocycles. The van der Waals surface area contributed by atoms with Gasteiger partial charge in [-0.15, -0.1) is 0 Å². The highest BCUT2D eigenvalue weighted by Gasteiger charge is 2.12. The molecule has 3 aromatic carbocycles. The molecule has 0 fully saturated rings. The zero-order valence-electron chi connectivity index (χ0n) is 16.6. The van der Waals surface area contributed by atoms with E-state index in [-0.39, 0.29) is 22.2 Å². The number of benzene rings is 3. The monoisotopic (exact) mass is 470 g/mol. The second-order valence-corrected chi connectivity index (χ2v) is 7.44. The molecule has 2 N–H and O–H groups in total. The van der Waals surface area contributed by atoms with Crippen molar-refractivity contribution >= 4 is 52.1 Å². The third-order valence-electron chi connectivity index (χ3n) is 4.38. The van der Waals surface area contributed by atoms with Crippen LogP contribution in [0.3, 0.4) is 0 Å². The van der Waals surface area contributed by atoms with E-state index >= 15 is 0 Å². The standard InChI is InChI=1S/C22H16Cl2N4O4/c1-13(26-27-21(29)15-3-2-4-18(11-15)28(31)32)14-5-8-17(9-6-14)25-22(30)19-10-7-16(23)12-20(19)24/h2-12H,1H3,(H,25,30)(H,27,29)/b26-13-. The lowest BCUT2D eigenvalue weighted by Crippen LogP contribution is -2.19. The Morgan fingerprint density at radius 2 is 1.66 bits per heavy atom. The van der Waals surface area contributed by atoms with Crippen molar-refractivity contribution in [3.63, 3.8) is 0 Å². The maximum Gasteiger partial charge on any atom is 0.271 e. The lowest BCUT2D eigenvalue weighted by atomic mass is 10.1. The number of amides is 2. The number of hydrogen-bond acceptors (Lipinski definition) is 5. The Bertz CT molecular complexity index is 1230. The molecule has 0 aliphatic rings. The van der Waals surface area contributed by atoms with Crippen LogP contribution in [0.5, 0.6) is 0 Å². The van der Waals surface area contributed by atoms with Gasteiger partial charge in [-0.25, -0.2) is 5.43 Å². The molecule has 0 aliphatic heterocycles. The van der Waals surface area contributed by atoms with Crippen molar-refractivity contribution in [3.8, 4) is 0 Å². The van der Waals surface area contributed by atoms with Gasteiger partial charge >= 0.3 is 0 Å². The molecule has 0 atom stereocenters. The zero-order valence-corrected chi connectivity index (χ0v) is 18.1. The molecule has 10 heteroatoms. The quantitative estimate of drug-likeness (QED) is 0.288. The van der Waals surface area contributed by atoms with Gasteiger partial charge in [0, 0.05) is 28.4 Å². The molecular weight excluding hydrogens is 455 g/mol. The van der Waals surface area contributed by atoms with Crippen LogP contribution >= 0.6 is 23.2 Å². The summed E-state index contributed by atoms with van der Waals surface area (Å²) in [6.07, 6.45) is 0. The van der Waals surface area contributed by atoms with Crippen LogP contribution in [0.15, 0.2) is 71.8 Å². The van der Waals surface area contributed by atoms with E-state index in [1.54, 1.807) is 37.3 Å². The van der Waals surface area contributed by atoms with E-state index in [0.717, 1.165) is 0 Å². The van der Waals surface area contributed by atoms with Crippen molar-refractivity contribution in [1.29, 1.82) is 0 Å². The molecule has 162 valence electrons. The maximum absolute atomic E-state index is 12.4. The fraction of sp³-hybridized carbons (Fsp3) is 0.0455. The number of nitro benzene ring substituents is 1. The van der Waals surface area contributed by atoms with Crippen LogP contribution in [-0.4, -0.2) is 22.4 Å². The first kappa shape index (κ1) is 22.9. The van der Waals surface area contributed by atoms with E-state index in [1.807, 2.05) is 0 Å².